The zero-order valence-electron chi connectivity index (χ0n) is 12.4. The van der Waals surface area contributed by atoms with Crippen LogP contribution in [0.4, 0.5) is 0 Å². The van der Waals surface area contributed by atoms with Crippen LogP contribution in [0.2, 0.25) is 0 Å². The van der Waals surface area contributed by atoms with Crippen molar-refractivity contribution in [3.05, 3.63) is 41.4 Å². The Morgan fingerprint density at radius 1 is 1.43 bits per heavy atom. The molecule has 0 aliphatic rings. The van der Waals surface area contributed by atoms with E-state index in [0.29, 0.717) is 13.1 Å². The Balaban J connectivity index is 0.00000400. The van der Waals surface area contributed by atoms with Crippen LogP contribution in [-0.4, -0.2) is 31.7 Å². The average molecular weight is 468 g/mol. The maximum absolute atomic E-state index is 5.85. The van der Waals surface area contributed by atoms with Gasteiger partial charge in [0.1, 0.15) is 11.9 Å². The van der Waals surface area contributed by atoms with Gasteiger partial charge < -0.3 is 15.4 Å². The van der Waals surface area contributed by atoms with Crippen molar-refractivity contribution in [1.29, 1.82) is 0 Å². The summed E-state index contributed by atoms with van der Waals surface area (Å²) in [7, 11) is 0. The van der Waals surface area contributed by atoms with Crippen LogP contribution in [0.3, 0.4) is 0 Å². The second-order valence-electron chi connectivity index (χ2n) is 4.25. The van der Waals surface area contributed by atoms with Gasteiger partial charge in [-0.2, -0.15) is 0 Å². The molecule has 1 aromatic carbocycles. The van der Waals surface area contributed by atoms with Gasteiger partial charge in [0.2, 0.25) is 0 Å². The number of ether oxygens (including phenoxy) is 1. The lowest BCUT2D eigenvalue weighted by Gasteiger charge is -2.15. The van der Waals surface area contributed by atoms with Crippen molar-refractivity contribution in [2.75, 3.05) is 19.6 Å². The van der Waals surface area contributed by atoms with E-state index in [-0.39, 0.29) is 30.1 Å². The predicted octanol–water partition coefficient (Wildman–Crippen LogP) is 3.58. The van der Waals surface area contributed by atoms with Crippen molar-refractivity contribution >= 4 is 45.9 Å². The number of halogens is 2. The van der Waals surface area contributed by atoms with Crippen LogP contribution in [0.15, 0.2) is 46.4 Å². The van der Waals surface area contributed by atoms with Crippen molar-refractivity contribution in [2.45, 2.75) is 20.0 Å². The van der Waals surface area contributed by atoms with Gasteiger partial charge in [0.25, 0.3) is 0 Å². The van der Waals surface area contributed by atoms with Crippen molar-refractivity contribution in [2.24, 2.45) is 4.99 Å². The minimum absolute atomic E-state index is 0. The highest BCUT2D eigenvalue weighted by atomic mass is 127. The molecule has 0 spiro atoms. The molecule has 0 amide bonds. The molecule has 1 aromatic rings. The van der Waals surface area contributed by atoms with Crippen molar-refractivity contribution in [3.8, 4) is 5.75 Å². The van der Waals surface area contributed by atoms with Gasteiger partial charge in [-0.25, -0.2) is 4.99 Å². The molecule has 0 aliphatic heterocycles. The first-order chi connectivity index (χ1) is 9.67. The first kappa shape index (κ1) is 20.2. The van der Waals surface area contributed by atoms with E-state index in [0.717, 1.165) is 22.7 Å². The lowest BCUT2D eigenvalue weighted by Crippen LogP contribution is -2.38. The molecule has 1 atom stereocenters. The highest BCUT2D eigenvalue weighted by Gasteiger charge is 2.06. The van der Waals surface area contributed by atoms with Crippen molar-refractivity contribution in [1.82, 2.24) is 10.6 Å². The van der Waals surface area contributed by atoms with E-state index in [2.05, 4.69) is 38.1 Å². The molecule has 0 heterocycles. The summed E-state index contributed by atoms with van der Waals surface area (Å²) < 4.78 is 6.80. The molecule has 4 nitrogen and oxygen atoms in total. The molecule has 1 unspecified atom stereocenters. The van der Waals surface area contributed by atoms with E-state index in [1.54, 1.807) is 6.08 Å². The third-order valence-electron chi connectivity index (χ3n) is 2.43. The summed E-state index contributed by atoms with van der Waals surface area (Å²) in [6.45, 7) is 9.80. The van der Waals surface area contributed by atoms with Gasteiger partial charge >= 0.3 is 0 Å². The lowest BCUT2D eigenvalue weighted by atomic mass is 10.3. The molecule has 0 bridgehead atoms. The van der Waals surface area contributed by atoms with E-state index in [4.69, 9.17) is 4.74 Å². The maximum Gasteiger partial charge on any atom is 0.191 e. The normalized spacial score (nSPS) is 12.0. The van der Waals surface area contributed by atoms with E-state index < -0.39 is 0 Å². The van der Waals surface area contributed by atoms with E-state index >= 15 is 0 Å². The molecule has 21 heavy (non-hydrogen) atoms. The Morgan fingerprint density at radius 2 is 2.14 bits per heavy atom. The van der Waals surface area contributed by atoms with Crippen LogP contribution in [0.5, 0.6) is 5.75 Å². The molecule has 6 heteroatoms. The van der Waals surface area contributed by atoms with Crippen LogP contribution in [0.1, 0.15) is 13.8 Å². The van der Waals surface area contributed by atoms with Gasteiger partial charge in [0, 0.05) is 13.1 Å². The Labute approximate surface area is 152 Å². The van der Waals surface area contributed by atoms with Crippen LogP contribution in [0, 0.1) is 0 Å². The molecule has 118 valence electrons. The van der Waals surface area contributed by atoms with Crippen LogP contribution in [0.25, 0.3) is 0 Å². The molecule has 1 rings (SSSR count). The molecule has 0 saturated heterocycles. The Bertz CT molecular complexity index is 454. The van der Waals surface area contributed by atoms with Gasteiger partial charge in [0.05, 0.1) is 11.0 Å². The van der Waals surface area contributed by atoms with Crippen LogP contribution < -0.4 is 15.4 Å². The molecule has 0 radical (unpaired) electrons. The first-order valence-electron chi connectivity index (χ1n) is 6.71. The lowest BCUT2D eigenvalue weighted by molar-refractivity contribution is 0.228. The highest BCUT2D eigenvalue weighted by molar-refractivity contribution is 14.0. The monoisotopic (exact) mass is 467 g/mol. The predicted molar refractivity (Wildman–Crippen MR) is 104 cm³/mol. The number of nitrogens with one attached hydrogen (secondary N) is 2. The second kappa shape index (κ2) is 11.9. The van der Waals surface area contributed by atoms with Gasteiger partial charge in [-0.3, -0.25) is 0 Å². The second-order valence-corrected chi connectivity index (χ2v) is 5.10. The smallest absolute Gasteiger partial charge is 0.191 e. The SMILES string of the molecule is C=CCNC(=NCC(C)Oc1ccccc1Br)NCC.I. The number of hydrogen-bond acceptors (Lipinski definition) is 2. The molecule has 0 aliphatic carbocycles. The van der Waals surface area contributed by atoms with E-state index in [1.165, 1.54) is 0 Å². The zero-order chi connectivity index (χ0) is 14.8. The van der Waals surface area contributed by atoms with Crippen LogP contribution >= 0.6 is 39.9 Å². The third-order valence-corrected chi connectivity index (χ3v) is 3.08. The Hall–Kier alpha value is -0.760. The summed E-state index contributed by atoms with van der Waals surface area (Å²) in [4.78, 5) is 4.48. The quantitative estimate of drug-likeness (QED) is 0.279. The minimum Gasteiger partial charge on any atom is -0.488 e. The number of hydrogen-bond donors (Lipinski definition) is 2. The number of guanidine groups is 1. The van der Waals surface area contributed by atoms with Gasteiger partial charge in [0.15, 0.2) is 5.96 Å². The molecule has 0 fully saturated rings. The fourth-order valence-corrected chi connectivity index (χ4v) is 1.90. The summed E-state index contributed by atoms with van der Waals surface area (Å²) in [5.41, 5.74) is 0. The van der Waals surface area contributed by atoms with Crippen molar-refractivity contribution in [3.63, 3.8) is 0 Å². The highest BCUT2D eigenvalue weighted by Crippen LogP contribution is 2.24. The third kappa shape index (κ3) is 8.31. The average Bonchev–Trinajstić information content (AvgIpc) is 2.44. The van der Waals surface area contributed by atoms with Gasteiger partial charge in [-0.1, -0.05) is 18.2 Å². The fourth-order valence-electron chi connectivity index (χ4n) is 1.52. The number of rotatable bonds is 7. The van der Waals surface area contributed by atoms with E-state index in [9.17, 15) is 0 Å². The number of nitrogens with zero attached hydrogens (tertiary/aromatic N) is 1. The Morgan fingerprint density at radius 3 is 2.76 bits per heavy atom. The van der Waals surface area contributed by atoms with E-state index in [1.807, 2.05) is 38.1 Å². The summed E-state index contributed by atoms with van der Waals surface area (Å²) in [5.74, 6) is 1.61. The summed E-state index contributed by atoms with van der Waals surface area (Å²) >= 11 is 3.47. The number of aliphatic imine (C=N–C) groups is 1. The summed E-state index contributed by atoms with van der Waals surface area (Å²) in [6, 6.07) is 7.81. The molecule has 0 saturated carbocycles. The largest absolute Gasteiger partial charge is 0.488 e. The zero-order valence-corrected chi connectivity index (χ0v) is 16.4. The Kier molecular flexibility index (Phi) is 11.4. The van der Waals surface area contributed by atoms with Crippen LogP contribution in [-0.2, 0) is 0 Å². The molecular weight excluding hydrogens is 445 g/mol. The minimum atomic E-state index is -0.00659. The van der Waals surface area contributed by atoms with Gasteiger partial charge in [-0.05, 0) is 41.9 Å². The molecular formula is C15H23BrIN3O. The number of para-hydroxylation sites is 1. The standard InChI is InChI=1S/C15H22BrN3O.HI/c1-4-10-18-15(17-5-2)19-11-12(3)20-14-9-7-6-8-13(14)16;/h4,6-9,12H,1,5,10-11H2,2-3H3,(H2,17,18,19);1H. The molecule has 2 N–H and O–H groups in total. The first-order valence-corrected chi connectivity index (χ1v) is 7.51. The maximum atomic E-state index is 5.85. The molecule has 0 aromatic heterocycles. The summed E-state index contributed by atoms with van der Waals surface area (Å²) in [5, 5.41) is 6.33. The van der Waals surface area contributed by atoms with Crippen molar-refractivity contribution < 1.29 is 4.74 Å². The summed E-state index contributed by atoms with van der Waals surface area (Å²) in [6.07, 6.45) is 1.79. The van der Waals surface area contributed by atoms with Gasteiger partial charge in [-0.15, -0.1) is 30.6 Å². The fraction of sp³-hybridized carbons (Fsp3) is 0.400. The topological polar surface area (TPSA) is 45.7 Å². The number of benzene rings is 1.